The van der Waals surface area contributed by atoms with E-state index in [2.05, 4.69) is 15.5 Å². The van der Waals surface area contributed by atoms with E-state index in [1.54, 1.807) is 0 Å². The molecule has 6 nitrogen and oxygen atoms in total. The Bertz CT molecular complexity index is 525. The summed E-state index contributed by atoms with van der Waals surface area (Å²) in [5, 5.41) is 19.3. The highest BCUT2D eigenvalue weighted by Crippen LogP contribution is 2.23. The molecule has 0 spiro atoms. The zero-order valence-electron chi connectivity index (χ0n) is 13.2. The van der Waals surface area contributed by atoms with E-state index in [0.717, 1.165) is 56.2 Å². The van der Waals surface area contributed by atoms with Gasteiger partial charge >= 0.3 is 5.97 Å². The van der Waals surface area contributed by atoms with Crippen molar-refractivity contribution < 1.29 is 14.7 Å². The maximum absolute atomic E-state index is 11.9. The minimum absolute atomic E-state index is 0.0143. The Morgan fingerprint density at radius 2 is 1.82 bits per heavy atom. The third kappa shape index (κ3) is 4.58. The van der Waals surface area contributed by atoms with Crippen molar-refractivity contribution in [3.8, 4) is 0 Å². The number of rotatable bonds is 1. The molecule has 1 aromatic rings. The van der Waals surface area contributed by atoms with Crippen LogP contribution in [-0.4, -0.2) is 27.2 Å². The molecular formula is C16H25N3O3. The Hall–Kier alpha value is -1.85. The molecule has 0 aliphatic carbocycles. The van der Waals surface area contributed by atoms with E-state index in [4.69, 9.17) is 0 Å². The van der Waals surface area contributed by atoms with Gasteiger partial charge in [0.25, 0.3) is 0 Å². The van der Waals surface area contributed by atoms with Crippen molar-refractivity contribution in [2.24, 2.45) is 5.92 Å². The first-order chi connectivity index (χ1) is 10.6. The highest BCUT2D eigenvalue weighted by Gasteiger charge is 2.18. The summed E-state index contributed by atoms with van der Waals surface area (Å²) < 4.78 is 0. The van der Waals surface area contributed by atoms with E-state index in [0.29, 0.717) is 18.7 Å². The Kier molecular flexibility index (Phi) is 5.98. The average molecular weight is 307 g/mol. The number of aromatic nitrogens is 2. The van der Waals surface area contributed by atoms with Crippen molar-refractivity contribution in [3.63, 3.8) is 0 Å². The molecule has 1 aliphatic rings. The summed E-state index contributed by atoms with van der Waals surface area (Å²) in [6.45, 7) is 1.95. The lowest BCUT2D eigenvalue weighted by Crippen LogP contribution is -2.15. The molecule has 2 rings (SSSR count). The van der Waals surface area contributed by atoms with Crippen LogP contribution < -0.4 is 5.32 Å². The van der Waals surface area contributed by atoms with Crippen molar-refractivity contribution in [2.45, 2.75) is 64.7 Å². The van der Waals surface area contributed by atoms with E-state index >= 15 is 0 Å². The zero-order valence-corrected chi connectivity index (χ0v) is 13.2. The van der Waals surface area contributed by atoms with Crippen LogP contribution in [0, 0.1) is 12.8 Å². The van der Waals surface area contributed by atoms with Crippen LogP contribution in [0.4, 0.5) is 5.82 Å². The number of aryl methyl sites for hydroxylation is 1. The average Bonchev–Trinajstić information content (AvgIpc) is 2.80. The summed E-state index contributed by atoms with van der Waals surface area (Å²) >= 11 is 0. The summed E-state index contributed by atoms with van der Waals surface area (Å²) in [6.07, 6.45) is 7.06. The number of hydrogen-bond acceptors (Lipinski definition) is 3. The summed E-state index contributed by atoms with van der Waals surface area (Å²) in [7, 11) is 0. The van der Waals surface area contributed by atoms with Crippen LogP contribution in [0.15, 0.2) is 0 Å². The third-order valence-corrected chi connectivity index (χ3v) is 4.37. The molecule has 2 heterocycles. The normalized spacial score (nSPS) is 21.5. The van der Waals surface area contributed by atoms with Gasteiger partial charge in [-0.25, -0.2) is 0 Å². The predicted molar refractivity (Wildman–Crippen MR) is 83.7 cm³/mol. The highest BCUT2D eigenvalue weighted by molar-refractivity contribution is 5.90. The van der Waals surface area contributed by atoms with E-state index in [9.17, 15) is 14.7 Å². The molecule has 0 bridgehead atoms. The fourth-order valence-electron chi connectivity index (χ4n) is 2.99. The Balaban J connectivity index is 2.05. The quantitative estimate of drug-likeness (QED) is 0.743. The van der Waals surface area contributed by atoms with Crippen LogP contribution in [0.25, 0.3) is 0 Å². The first kappa shape index (κ1) is 16.5. The minimum atomic E-state index is -0.690. The van der Waals surface area contributed by atoms with Crippen LogP contribution >= 0.6 is 0 Å². The fraction of sp³-hybridized carbons (Fsp3) is 0.688. The molecular weight excluding hydrogens is 282 g/mol. The van der Waals surface area contributed by atoms with E-state index in [1.807, 2.05) is 6.92 Å². The topological polar surface area (TPSA) is 95.1 Å². The van der Waals surface area contributed by atoms with Crippen molar-refractivity contribution in [3.05, 3.63) is 11.3 Å². The molecule has 0 saturated carbocycles. The maximum atomic E-state index is 11.9. The zero-order chi connectivity index (χ0) is 15.9. The lowest BCUT2D eigenvalue weighted by atomic mass is 9.94. The number of carboxylic acid groups (broad SMARTS) is 1. The summed E-state index contributed by atoms with van der Waals surface area (Å²) in [6, 6.07) is 0. The van der Waals surface area contributed by atoms with Crippen molar-refractivity contribution >= 4 is 17.7 Å². The molecule has 0 saturated heterocycles. The van der Waals surface area contributed by atoms with E-state index in [-0.39, 0.29) is 11.8 Å². The SMILES string of the molecule is Cc1[nH]nc2c1CCCC[C@H](C(=O)O)CCCCCC(=O)N2. The fourth-order valence-corrected chi connectivity index (χ4v) is 2.99. The molecule has 122 valence electrons. The van der Waals surface area contributed by atoms with Crippen molar-refractivity contribution in [2.75, 3.05) is 5.32 Å². The maximum Gasteiger partial charge on any atom is 0.306 e. The lowest BCUT2D eigenvalue weighted by Gasteiger charge is -2.13. The summed E-state index contributed by atoms with van der Waals surface area (Å²) in [5.41, 5.74) is 2.01. The van der Waals surface area contributed by atoms with E-state index < -0.39 is 5.97 Å². The van der Waals surface area contributed by atoms with Gasteiger partial charge in [-0.3, -0.25) is 14.7 Å². The van der Waals surface area contributed by atoms with Crippen LogP contribution in [0.1, 0.15) is 62.6 Å². The summed E-state index contributed by atoms with van der Waals surface area (Å²) in [5.74, 6) is -0.319. The van der Waals surface area contributed by atoms with Gasteiger partial charge in [0.2, 0.25) is 5.91 Å². The van der Waals surface area contributed by atoms with Crippen molar-refractivity contribution in [1.29, 1.82) is 0 Å². The van der Waals surface area contributed by atoms with Crippen LogP contribution in [0.3, 0.4) is 0 Å². The molecule has 1 amide bonds. The van der Waals surface area contributed by atoms with Gasteiger partial charge in [0.1, 0.15) is 0 Å². The second-order valence-electron chi connectivity index (χ2n) is 6.10. The van der Waals surface area contributed by atoms with Gasteiger partial charge in [-0.05, 0) is 39.0 Å². The second kappa shape index (κ2) is 7.96. The standard InChI is InChI=1S/C16H25N3O3/c1-11-13-9-6-5-8-12(16(21)22)7-3-2-4-10-14(20)17-15(13)19-18-11/h12H,2-10H2,1H3,(H,21,22)(H2,17,18,19,20)/t12-/m1/s1. The number of amides is 1. The molecule has 1 atom stereocenters. The predicted octanol–water partition coefficient (Wildman–Crippen LogP) is 3.03. The number of H-pyrrole nitrogens is 1. The Morgan fingerprint density at radius 1 is 1.14 bits per heavy atom. The van der Waals surface area contributed by atoms with Gasteiger partial charge in [-0.2, -0.15) is 5.10 Å². The molecule has 0 aromatic carbocycles. The van der Waals surface area contributed by atoms with Gasteiger partial charge in [0, 0.05) is 17.7 Å². The number of aromatic amines is 1. The first-order valence-electron chi connectivity index (χ1n) is 8.14. The molecule has 0 radical (unpaired) electrons. The number of carbonyl (C=O) groups excluding carboxylic acids is 1. The monoisotopic (exact) mass is 307 g/mol. The molecule has 0 fully saturated rings. The smallest absolute Gasteiger partial charge is 0.306 e. The molecule has 6 heteroatoms. The molecule has 1 aromatic heterocycles. The largest absolute Gasteiger partial charge is 0.481 e. The number of aliphatic carboxylic acids is 1. The lowest BCUT2D eigenvalue weighted by molar-refractivity contribution is -0.142. The number of hydrogen-bond donors (Lipinski definition) is 3. The van der Waals surface area contributed by atoms with Crippen LogP contribution in [-0.2, 0) is 16.0 Å². The van der Waals surface area contributed by atoms with Gasteiger partial charge in [0.05, 0.1) is 5.92 Å². The Labute approximate surface area is 130 Å². The van der Waals surface area contributed by atoms with Gasteiger partial charge in [-0.15, -0.1) is 0 Å². The van der Waals surface area contributed by atoms with Gasteiger partial charge in [-0.1, -0.05) is 19.3 Å². The third-order valence-electron chi connectivity index (χ3n) is 4.37. The molecule has 22 heavy (non-hydrogen) atoms. The number of nitrogens with zero attached hydrogens (tertiary/aromatic N) is 1. The number of anilines is 1. The molecule has 3 N–H and O–H groups in total. The Morgan fingerprint density at radius 3 is 2.55 bits per heavy atom. The molecule has 1 aliphatic heterocycles. The van der Waals surface area contributed by atoms with Crippen molar-refractivity contribution in [1.82, 2.24) is 10.2 Å². The van der Waals surface area contributed by atoms with Gasteiger partial charge < -0.3 is 10.4 Å². The highest BCUT2D eigenvalue weighted by atomic mass is 16.4. The molecule has 0 unspecified atom stereocenters. The number of carbonyl (C=O) groups is 2. The summed E-state index contributed by atoms with van der Waals surface area (Å²) in [4.78, 5) is 23.2. The van der Waals surface area contributed by atoms with Crippen LogP contribution in [0.5, 0.6) is 0 Å². The van der Waals surface area contributed by atoms with Gasteiger partial charge in [0.15, 0.2) is 5.82 Å². The second-order valence-corrected chi connectivity index (χ2v) is 6.10. The number of fused-ring (bicyclic) bond motifs is 1. The minimum Gasteiger partial charge on any atom is -0.481 e. The number of nitrogens with one attached hydrogen (secondary N) is 2. The van der Waals surface area contributed by atoms with Crippen LogP contribution in [0.2, 0.25) is 0 Å². The van der Waals surface area contributed by atoms with E-state index in [1.165, 1.54) is 0 Å². The number of carboxylic acids is 1. The first-order valence-corrected chi connectivity index (χ1v) is 8.14.